The predicted octanol–water partition coefficient (Wildman–Crippen LogP) is -1.49. The van der Waals surface area contributed by atoms with Gasteiger partial charge in [0.15, 0.2) is 0 Å². The number of carbonyl (C=O) groups excluding carboxylic acids is 3. The smallest absolute Gasteiger partial charge is 0.242 e. The van der Waals surface area contributed by atoms with Crippen molar-refractivity contribution in [3.8, 4) is 0 Å². The summed E-state index contributed by atoms with van der Waals surface area (Å²) in [5.74, 6) is -1.02. The van der Waals surface area contributed by atoms with Crippen molar-refractivity contribution in [3.05, 3.63) is 0 Å². The Morgan fingerprint density at radius 2 is 1.72 bits per heavy atom. The summed E-state index contributed by atoms with van der Waals surface area (Å²) < 4.78 is 0. The highest BCUT2D eigenvalue weighted by Gasteiger charge is 2.22. The number of hydrogen-bond acceptors (Lipinski definition) is 4. The molecule has 0 aromatic carbocycles. The summed E-state index contributed by atoms with van der Waals surface area (Å²) in [5, 5.41) is 17.0. The molecule has 3 atom stereocenters. The lowest BCUT2D eigenvalue weighted by Gasteiger charge is -2.22. The van der Waals surface area contributed by atoms with E-state index in [0.29, 0.717) is 0 Å². The van der Waals surface area contributed by atoms with Gasteiger partial charge in [-0.05, 0) is 13.8 Å². The van der Waals surface area contributed by atoms with E-state index >= 15 is 0 Å². The highest BCUT2D eigenvalue weighted by atomic mass is 16.3. The molecule has 0 aliphatic rings. The second-order valence-corrected chi connectivity index (χ2v) is 4.16. The van der Waals surface area contributed by atoms with E-state index in [-0.39, 0.29) is 18.2 Å². The Morgan fingerprint density at radius 1 is 1.17 bits per heavy atom. The molecule has 7 heteroatoms. The summed E-state index contributed by atoms with van der Waals surface area (Å²) in [6.07, 6.45) is -1.06. The molecule has 0 saturated carbocycles. The first-order chi connectivity index (χ1) is 8.27. The van der Waals surface area contributed by atoms with E-state index in [0.717, 1.165) is 0 Å². The van der Waals surface area contributed by atoms with Crippen LogP contribution in [-0.4, -0.2) is 48.1 Å². The van der Waals surface area contributed by atoms with Crippen LogP contribution in [0.25, 0.3) is 0 Å². The molecule has 0 aromatic heterocycles. The number of aliphatic hydroxyl groups is 1. The van der Waals surface area contributed by atoms with Crippen LogP contribution in [0.15, 0.2) is 0 Å². The van der Waals surface area contributed by atoms with Crippen LogP contribution in [0, 0.1) is 0 Å². The van der Waals surface area contributed by atoms with Crippen LogP contribution in [0.1, 0.15) is 27.2 Å². The average Bonchev–Trinajstić information content (AvgIpc) is 2.27. The zero-order chi connectivity index (χ0) is 14.3. The number of rotatable bonds is 6. The predicted molar refractivity (Wildman–Crippen MR) is 65.6 cm³/mol. The molecule has 0 radical (unpaired) electrons. The van der Waals surface area contributed by atoms with Gasteiger partial charge in [-0.15, -0.1) is 0 Å². The van der Waals surface area contributed by atoms with Crippen molar-refractivity contribution in [1.82, 2.24) is 16.0 Å². The molecular formula is C11H21N3O4. The van der Waals surface area contributed by atoms with Crippen LogP contribution in [0.3, 0.4) is 0 Å². The largest absolute Gasteiger partial charge is 0.390 e. The fourth-order valence-corrected chi connectivity index (χ4v) is 1.28. The Kier molecular flexibility index (Phi) is 6.96. The third-order valence-corrected chi connectivity index (χ3v) is 2.43. The maximum absolute atomic E-state index is 11.6. The van der Waals surface area contributed by atoms with E-state index in [9.17, 15) is 19.5 Å². The minimum absolute atomic E-state index is 0.0908. The second kappa shape index (κ2) is 7.65. The molecule has 7 nitrogen and oxygen atoms in total. The molecule has 0 fully saturated rings. The van der Waals surface area contributed by atoms with Gasteiger partial charge in [0.05, 0.1) is 18.6 Å². The Hall–Kier alpha value is -1.63. The third kappa shape index (κ3) is 6.19. The summed E-state index contributed by atoms with van der Waals surface area (Å²) in [6.45, 7) is 4.44. The Labute approximate surface area is 106 Å². The molecule has 1 unspecified atom stereocenters. The van der Waals surface area contributed by atoms with Crippen LogP contribution >= 0.6 is 0 Å². The van der Waals surface area contributed by atoms with Gasteiger partial charge < -0.3 is 21.1 Å². The standard InChI is InChI=1S/C11H21N3O4/c1-6(9(16)5-10(17)12-4)14-11(18)7(2)13-8(3)15/h6-7,9,16H,5H2,1-4H3,(H,12,17)(H,13,15)(H,14,18)/t6-,7?,9+/m1/s1. The lowest BCUT2D eigenvalue weighted by molar-refractivity contribution is -0.129. The number of nitrogens with one attached hydrogen (secondary N) is 3. The van der Waals surface area contributed by atoms with E-state index in [1.54, 1.807) is 6.92 Å². The normalized spacial score (nSPS) is 15.2. The third-order valence-electron chi connectivity index (χ3n) is 2.43. The summed E-state index contributed by atoms with van der Waals surface area (Å²) in [7, 11) is 1.47. The topological polar surface area (TPSA) is 108 Å². The van der Waals surface area contributed by atoms with Crippen molar-refractivity contribution >= 4 is 17.7 Å². The van der Waals surface area contributed by atoms with Crippen molar-refractivity contribution in [2.75, 3.05) is 7.05 Å². The molecule has 104 valence electrons. The van der Waals surface area contributed by atoms with Gasteiger partial charge in [0.2, 0.25) is 17.7 Å². The minimum atomic E-state index is -0.974. The van der Waals surface area contributed by atoms with Crippen molar-refractivity contribution in [2.24, 2.45) is 0 Å². The first-order valence-electron chi connectivity index (χ1n) is 5.74. The number of aliphatic hydroxyl groups excluding tert-OH is 1. The number of amides is 3. The highest BCUT2D eigenvalue weighted by molar-refractivity contribution is 5.86. The molecule has 0 rings (SSSR count). The van der Waals surface area contributed by atoms with Crippen LogP contribution in [-0.2, 0) is 14.4 Å². The SMILES string of the molecule is CNC(=O)C[C@H](O)[C@@H](C)NC(=O)C(C)NC(C)=O. The summed E-state index contributed by atoms with van der Waals surface area (Å²) in [5.41, 5.74) is 0. The van der Waals surface area contributed by atoms with Gasteiger partial charge in [0.25, 0.3) is 0 Å². The second-order valence-electron chi connectivity index (χ2n) is 4.16. The summed E-state index contributed by atoms with van der Waals surface area (Å²) in [4.78, 5) is 33.4. The Morgan fingerprint density at radius 3 is 2.17 bits per heavy atom. The van der Waals surface area contributed by atoms with Gasteiger partial charge in [-0.1, -0.05) is 0 Å². The molecule has 0 spiro atoms. The number of carbonyl (C=O) groups is 3. The van der Waals surface area contributed by atoms with E-state index in [2.05, 4.69) is 16.0 Å². The van der Waals surface area contributed by atoms with E-state index < -0.39 is 24.1 Å². The molecule has 0 heterocycles. The lowest BCUT2D eigenvalue weighted by Crippen LogP contribution is -2.50. The lowest BCUT2D eigenvalue weighted by atomic mass is 10.1. The molecule has 0 aromatic rings. The van der Waals surface area contributed by atoms with Gasteiger partial charge in [0.1, 0.15) is 6.04 Å². The van der Waals surface area contributed by atoms with Crippen molar-refractivity contribution in [1.29, 1.82) is 0 Å². The Balaban J connectivity index is 4.21. The molecule has 18 heavy (non-hydrogen) atoms. The van der Waals surface area contributed by atoms with E-state index in [1.807, 2.05) is 0 Å². The Bertz CT molecular complexity index is 319. The van der Waals surface area contributed by atoms with E-state index in [1.165, 1.54) is 20.9 Å². The maximum atomic E-state index is 11.6. The summed E-state index contributed by atoms with van der Waals surface area (Å²) >= 11 is 0. The van der Waals surface area contributed by atoms with Gasteiger partial charge in [-0.2, -0.15) is 0 Å². The minimum Gasteiger partial charge on any atom is -0.390 e. The monoisotopic (exact) mass is 259 g/mol. The zero-order valence-corrected chi connectivity index (χ0v) is 11.1. The molecule has 3 amide bonds. The van der Waals surface area contributed by atoms with Gasteiger partial charge in [-0.3, -0.25) is 14.4 Å². The first-order valence-corrected chi connectivity index (χ1v) is 5.74. The molecule has 0 saturated heterocycles. The van der Waals surface area contributed by atoms with Crippen molar-refractivity contribution in [2.45, 2.75) is 45.4 Å². The first kappa shape index (κ1) is 16.4. The molecule has 0 aliphatic carbocycles. The van der Waals surface area contributed by atoms with Crippen LogP contribution in [0.5, 0.6) is 0 Å². The maximum Gasteiger partial charge on any atom is 0.242 e. The molecular weight excluding hydrogens is 238 g/mol. The summed E-state index contributed by atoms with van der Waals surface area (Å²) in [6, 6.07) is -1.26. The van der Waals surface area contributed by atoms with E-state index in [4.69, 9.17) is 0 Å². The quantitative estimate of drug-likeness (QED) is 0.466. The molecule has 0 bridgehead atoms. The highest BCUT2D eigenvalue weighted by Crippen LogP contribution is 1.99. The van der Waals surface area contributed by atoms with Crippen LogP contribution in [0.2, 0.25) is 0 Å². The van der Waals surface area contributed by atoms with Crippen LogP contribution < -0.4 is 16.0 Å². The fraction of sp³-hybridized carbons (Fsp3) is 0.727. The van der Waals surface area contributed by atoms with Gasteiger partial charge in [0, 0.05) is 14.0 Å². The fourth-order valence-electron chi connectivity index (χ4n) is 1.28. The van der Waals surface area contributed by atoms with Crippen LogP contribution in [0.4, 0.5) is 0 Å². The van der Waals surface area contributed by atoms with Gasteiger partial charge in [-0.25, -0.2) is 0 Å². The van der Waals surface area contributed by atoms with Crippen molar-refractivity contribution < 1.29 is 19.5 Å². The van der Waals surface area contributed by atoms with Crippen molar-refractivity contribution in [3.63, 3.8) is 0 Å². The number of hydrogen-bond donors (Lipinski definition) is 4. The van der Waals surface area contributed by atoms with Gasteiger partial charge >= 0.3 is 0 Å². The zero-order valence-electron chi connectivity index (χ0n) is 11.1. The average molecular weight is 259 g/mol. The molecule has 4 N–H and O–H groups in total. The molecule has 0 aliphatic heterocycles.